The van der Waals surface area contributed by atoms with Crippen LogP contribution in [0.5, 0.6) is 5.75 Å². The molecule has 0 spiro atoms. The van der Waals surface area contributed by atoms with Crippen molar-refractivity contribution in [2.24, 2.45) is 4.99 Å². The van der Waals surface area contributed by atoms with Crippen LogP contribution in [0.1, 0.15) is 11.1 Å². The molecule has 2 aromatic carbocycles. The first-order chi connectivity index (χ1) is 8.70. The van der Waals surface area contributed by atoms with E-state index in [4.69, 9.17) is 0 Å². The summed E-state index contributed by atoms with van der Waals surface area (Å²) >= 11 is 0. The Hall–Kier alpha value is -1.66. The zero-order valence-electron chi connectivity index (χ0n) is 10.5. The van der Waals surface area contributed by atoms with Crippen LogP contribution in [0.2, 0.25) is 0 Å². The first kappa shape index (κ1) is 12.8. The van der Waals surface area contributed by atoms with Gasteiger partial charge >= 0.3 is 0 Å². The highest BCUT2D eigenvalue weighted by molar-refractivity contribution is 7.56. The lowest BCUT2D eigenvalue weighted by Gasteiger charge is -2.08. The Morgan fingerprint density at radius 3 is 2.67 bits per heavy atom. The summed E-state index contributed by atoms with van der Waals surface area (Å²) in [4.78, 5) is 4.07. The van der Waals surface area contributed by atoms with Gasteiger partial charge < -0.3 is 5.11 Å². The number of hydrogen-bond acceptors (Lipinski definition) is 2. The van der Waals surface area contributed by atoms with Gasteiger partial charge in [-0.2, -0.15) is 0 Å². The van der Waals surface area contributed by atoms with Crippen molar-refractivity contribution in [1.82, 2.24) is 0 Å². The first-order valence-corrected chi connectivity index (χ1v) is 6.78. The SMILES string of the molecule is C/N=C/c1ccccc1Pc1cc(C)ccc1O. The van der Waals surface area contributed by atoms with Gasteiger partial charge in [0, 0.05) is 18.6 Å². The van der Waals surface area contributed by atoms with Crippen molar-refractivity contribution in [2.45, 2.75) is 6.92 Å². The number of phenolic OH excluding ortho intramolecular Hbond substituents is 1. The molecule has 1 unspecified atom stereocenters. The second-order valence-corrected chi connectivity index (χ2v) is 5.45. The maximum Gasteiger partial charge on any atom is 0.123 e. The number of aromatic hydroxyl groups is 1. The summed E-state index contributed by atoms with van der Waals surface area (Å²) in [5, 5.41) is 12.1. The van der Waals surface area contributed by atoms with E-state index >= 15 is 0 Å². The molecular weight excluding hydrogens is 241 g/mol. The lowest BCUT2D eigenvalue weighted by molar-refractivity contribution is 0.479. The van der Waals surface area contributed by atoms with Crippen LogP contribution in [0.4, 0.5) is 0 Å². The van der Waals surface area contributed by atoms with E-state index in [1.807, 2.05) is 43.5 Å². The van der Waals surface area contributed by atoms with Crippen molar-refractivity contribution in [2.75, 3.05) is 7.05 Å². The van der Waals surface area contributed by atoms with E-state index in [1.165, 1.54) is 5.30 Å². The number of nitrogens with zero attached hydrogens (tertiary/aromatic N) is 1. The quantitative estimate of drug-likeness (QED) is 0.664. The first-order valence-electron chi connectivity index (χ1n) is 5.78. The van der Waals surface area contributed by atoms with Crippen LogP contribution in [-0.2, 0) is 0 Å². The minimum Gasteiger partial charge on any atom is -0.507 e. The van der Waals surface area contributed by atoms with Crippen LogP contribution in [0.25, 0.3) is 0 Å². The van der Waals surface area contributed by atoms with Gasteiger partial charge in [-0.1, -0.05) is 44.5 Å². The zero-order valence-corrected chi connectivity index (χ0v) is 11.5. The van der Waals surface area contributed by atoms with Gasteiger partial charge in [0.15, 0.2) is 0 Å². The summed E-state index contributed by atoms with van der Waals surface area (Å²) in [7, 11) is 2.21. The average Bonchev–Trinajstić information content (AvgIpc) is 2.36. The van der Waals surface area contributed by atoms with Gasteiger partial charge in [-0.25, -0.2) is 0 Å². The largest absolute Gasteiger partial charge is 0.507 e. The van der Waals surface area contributed by atoms with Crippen molar-refractivity contribution in [1.29, 1.82) is 0 Å². The van der Waals surface area contributed by atoms with E-state index in [1.54, 1.807) is 13.1 Å². The molecule has 2 nitrogen and oxygen atoms in total. The van der Waals surface area contributed by atoms with Crippen molar-refractivity contribution in [3.8, 4) is 5.75 Å². The molecule has 18 heavy (non-hydrogen) atoms. The molecule has 1 N–H and O–H groups in total. The van der Waals surface area contributed by atoms with E-state index in [-0.39, 0.29) is 0 Å². The molecule has 92 valence electrons. The maximum atomic E-state index is 9.89. The maximum absolute atomic E-state index is 9.89. The van der Waals surface area contributed by atoms with Crippen molar-refractivity contribution < 1.29 is 5.11 Å². The van der Waals surface area contributed by atoms with E-state index in [0.717, 1.165) is 16.4 Å². The molecule has 0 aliphatic carbocycles. The summed E-state index contributed by atoms with van der Waals surface area (Å²) in [5.74, 6) is 0.363. The molecule has 0 saturated heterocycles. The smallest absolute Gasteiger partial charge is 0.123 e. The molecule has 0 fully saturated rings. The number of aryl methyl sites for hydroxylation is 1. The van der Waals surface area contributed by atoms with Gasteiger partial charge in [0.25, 0.3) is 0 Å². The van der Waals surface area contributed by atoms with E-state index in [0.29, 0.717) is 14.3 Å². The normalized spacial score (nSPS) is 11.7. The third-order valence-corrected chi connectivity index (χ3v) is 4.04. The molecule has 3 heteroatoms. The fourth-order valence-corrected chi connectivity index (χ4v) is 3.03. The fraction of sp³-hybridized carbons (Fsp3) is 0.133. The van der Waals surface area contributed by atoms with Gasteiger partial charge in [-0.05, 0) is 29.9 Å². The van der Waals surface area contributed by atoms with Crippen LogP contribution in [0.3, 0.4) is 0 Å². The zero-order chi connectivity index (χ0) is 13.0. The average molecular weight is 257 g/mol. The Labute approximate surface area is 109 Å². The van der Waals surface area contributed by atoms with Gasteiger partial charge in [0.2, 0.25) is 0 Å². The summed E-state index contributed by atoms with van der Waals surface area (Å²) in [5.41, 5.74) is 2.27. The third-order valence-electron chi connectivity index (χ3n) is 2.65. The summed E-state index contributed by atoms with van der Waals surface area (Å²) in [6.07, 6.45) is 1.86. The fourth-order valence-electron chi connectivity index (χ4n) is 1.76. The van der Waals surface area contributed by atoms with Gasteiger partial charge in [-0.15, -0.1) is 0 Å². The number of aliphatic imine (C=N–C) groups is 1. The Balaban J connectivity index is 2.36. The molecule has 2 aromatic rings. The Kier molecular flexibility index (Phi) is 4.11. The topological polar surface area (TPSA) is 32.6 Å². The van der Waals surface area contributed by atoms with E-state index in [2.05, 4.69) is 11.1 Å². The second-order valence-electron chi connectivity index (χ2n) is 4.12. The van der Waals surface area contributed by atoms with Crippen LogP contribution >= 0.6 is 8.58 Å². The molecule has 0 aliphatic heterocycles. The molecule has 0 bridgehead atoms. The molecule has 0 saturated carbocycles. The second kappa shape index (κ2) is 5.79. The molecule has 0 aliphatic rings. The Morgan fingerprint density at radius 1 is 1.11 bits per heavy atom. The van der Waals surface area contributed by atoms with Crippen LogP contribution in [-0.4, -0.2) is 18.4 Å². The lowest BCUT2D eigenvalue weighted by atomic mass is 10.2. The highest BCUT2D eigenvalue weighted by Gasteiger charge is 2.05. The predicted molar refractivity (Wildman–Crippen MR) is 80.4 cm³/mol. The molecular formula is C15H16NOP. The van der Waals surface area contributed by atoms with Gasteiger partial charge in [0.05, 0.1) is 0 Å². The molecule has 1 atom stereocenters. The van der Waals surface area contributed by atoms with Gasteiger partial charge in [0.1, 0.15) is 5.75 Å². The minimum absolute atomic E-state index is 0.363. The standard InChI is InChI=1S/C15H16NOP/c1-11-7-8-13(17)15(9-11)18-14-6-4-3-5-12(14)10-16-2/h3-10,17-18H,1-2H3/b16-10+. The highest BCUT2D eigenvalue weighted by atomic mass is 31.1. The Bertz CT molecular complexity index is 578. The summed E-state index contributed by atoms with van der Waals surface area (Å²) in [6.45, 7) is 2.03. The summed E-state index contributed by atoms with van der Waals surface area (Å²) in [6, 6.07) is 13.9. The van der Waals surface area contributed by atoms with Crippen molar-refractivity contribution in [3.05, 3.63) is 53.6 Å². The molecule has 0 aromatic heterocycles. The van der Waals surface area contributed by atoms with E-state index in [9.17, 15) is 5.11 Å². The number of phenols is 1. The van der Waals surface area contributed by atoms with Crippen LogP contribution in [0, 0.1) is 6.92 Å². The van der Waals surface area contributed by atoms with Crippen LogP contribution in [0.15, 0.2) is 47.5 Å². The number of rotatable bonds is 3. The highest BCUT2D eigenvalue weighted by Crippen LogP contribution is 2.20. The van der Waals surface area contributed by atoms with Crippen molar-refractivity contribution >= 4 is 25.4 Å². The minimum atomic E-state index is 0.363. The van der Waals surface area contributed by atoms with Gasteiger partial charge in [-0.3, -0.25) is 4.99 Å². The number of benzene rings is 2. The third kappa shape index (κ3) is 2.96. The predicted octanol–water partition coefficient (Wildman–Crippen LogP) is 2.38. The molecule has 0 amide bonds. The molecule has 0 heterocycles. The van der Waals surface area contributed by atoms with Crippen molar-refractivity contribution in [3.63, 3.8) is 0 Å². The Morgan fingerprint density at radius 2 is 1.89 bits per heavy atom. The van der Waals surface area contributed by atoms with Crippen LogP contribution < -0.4 is 10.6 Å². The summed E-state index contributed by atoms with van der Waals surface area (Å²) < 4.78 is 0. The van der Waals surface area contributed by atoms with E-state index < -0.39 is 0 Å². The molecule has 0 radical (unpaired) electrons. The lowest BCUT2D eigenvalue weighted by Crippen LogP contribution is -2.09. The number of hydrogen-bond donors (Lipinski definition) is 1. The molecule has 2 rings (SSSR count). The monoisotopic (exact) mass is 257 g/mol.